The Hall–Kier alpha value is -2.23. The van der Waals surface area contributed by atoms with Crippen LogP contribution in [-0.4, -0.2) is 17.1 Å². The van der Waals surface area contributed by atoms with Crippen molar-refractivity contribution in [3.8, 4) is 5.75 Å². The molecule has 24 heavy (non-hydrogen) atoms. The molecule has 0 spiro atoms. The molecule has 0 saturated carbocycles. The first-order chi connectivity index (χ1) is 11.3. The van der Waals surface area contributed by atoms with E-state index in [2.05, 4.69) is 57.1 Å². The third kappa shape index (κ3) is 4.19. The lowest BCUT2D eigenvalue weighted by Crippen LogP contribution is -2.35. The van der Waals surface area contributed by atoms with E-state index in [4.69, 9.17) is 10.5 Å². The smallest absolute Gasteiger partial charge is 0.125 e. The molecule has 0 saturated heterocycles. The van der Waals surface area contributed by atoms with Crippen molar-refractivity contribution in [2.75, 3.05) is 11.1 Å². The van der Waals surface area contributed by atoms with Gasteiger partial charge in [-0.2, -0.15) is 0 Å². The monoisotopic (exact) mass is 327 g/mol. The minimum Gasteiger partial charge on any atom is -0.488 e. The first-order valence-corrected chi connectivity index (χ1v) is 8.55. The molecule has 3 N–H and O–H groups in total. The van der Waals surface area contributed by atoms with Crippen LogP contribution in [0.2, 0.25) is 0 Å². The van der Waals surface area contributed by atoms with Crippen molar-refractivity contribution in [2.24, 2.45) is 0 Å². The highest BCUT2D eigenvalue weighted by atomic mass is 16.5. The Kier molecular flexibility index (Phi) is 5.71. The van der Waals surface area contributed by atoms with Crippen LogP contribution in [0.15, 0.2) is 24.4 Å². The summed E-state index contributed by atoms with van der Waals surface area (Å²) in [6.45, 7) is 12.5. The molecule has 0 bridgehead atoms. The van der Waals surface area contributed by atoms with E-state index in [0.29, 0.717) is 5.69 Å². The van der Waals surface area contributed by atoms with Crippen molar-refractivity contribution in [3.05, 3.63) is 46.8 Å². The van der Waals surface area contributed by atoms with E-state index in [9.17, 15) is 0 Å². The maximum atomic E-state index is 6.31. The molecule has 2 atom stereocenters. The number of benzene rings is 1. The number of nitrogens with zero attached hydrogens (tertiary/aromatic N) is 1. The summed E-state index contributed by atoms with van der Waals surface area (Å²) in [4.78, 5) is 4.22. The summed E-state index contributed by atoms with van der Waals surface area (Å²) in [5.41, 5.74) is 12.2. The Bertz CT molecular complexity index is 689. The van der Waals surface area contributed by atoms with Gasteiger partial charge in [0.15, 0.2) is 0 Å². The van der Waals surface area contributed by atoms with Gasteiger partial charge in [0.1, 0.15) is 11.9 Å². The summed E-state index contributed by atoms with van der Waals surface area (Å²) >= 11 is 0. The number of ether oxygens (including phenoxy) is 1. The van der Waals surface area contributed by atoms with E-state index >= 15 is 0 Å². The van der Waals surface area contributed by atoms with Crippen LogP contribution in [-0.2, 0) is 0 Å². The highest BCUT2D eigenvalue weighted by molar-refractivity contribution is 5.65. The minimum atomic E-state index is 0.0166. The quantitative estimate of drug-likeness (QED) is 0.817. The fraction of sp³-hybridized carbons (Fsp3) is 0.450. The van der Waals surface area contributed by atoms with E-state index < -0.39 is 0 Å². The molecular weight excluding hydrogens is 298 g/mol. The SMILES string of the molecule is CCC(Nc1cc(C)ncc1N)C(C)Oc1c(C)cc(C)cc1C. The normalized spacial score (nSPS) is 13.4. The average molecular weight is 327 g/mol. The van der Waals surface area contributed by atoms with E-state index in [1.807, 2.05) is 13.0 Å². The van der Waals surface area contributed by atoms with Crippen LogP contribution >= 0.6 is 0 Å². The summed E-state index contributed by atoms with van der Waals surface area (Å²) in [6.07, 6.45) is 2.65. The topological polar surface area (TPSA) is 60.2 Å². The number of aromatic nitrogens is 1. The Morgan fingerprint density at radius 2 is 1.75 bits per heavy atom. The highest BCUT2D eigenvalue weighted by Crippen LogP contribution is 2.27. The van der Waals surface area contributed by atoms with Crippen LogP contribution in [0.4, 0.5) is 11.4 Å². The Labute approximate surface area is 145 Å². The summed E-state index contributed by atoms with van der Waals surface area (Å²) in [6, 6.07) is 6.46. The van der Waals surface area contributed by atoms with Crippen LogP contribution in [0.1, 0.15) is 42.7 Å². The van der Waals surface area contributed by atoms with Gasteiger partial charge in [-0.15, -0.1) is 0 Å². The second-order valence-corrected chi connectivity index (χ2v) is 6.62. The molecule has 2 rings (SSSR count). The van der Waals surface area contributed by atoms with Gasteiger partial charge in [-0.05, 0) is 58.2 Å². The van der Waals surface area contributed by atoms with Crippen LogP contribution in [0, 0.1) is 27.7 Å². The molecule has 0 radical (unpaired) electrons. The molecule has 4 nitrogen and oxygen atoms in total. The first kappa shape index (κ1) is 18.1. The van der Waals surface area contributed by atoms with E-state index in [1.165, 1.54) is 16.7 Å². The maximum absolute atomic E-state index is 6.31. The molecule has 1 aromatic carbocycles. The predicted octanol–water partition coefficient (Wildman–Crippen LogP) is 4.56. The lowest BCUT2D eigenvalue weighted by atomic mass is 10.1. The minimum absolute atomic E-state index is 0.0166. The van der Waals surface area contributed by atoms with Crippen LogP contribution in [0.5, 0.6) is 5.75 Å². The molecule has 1 aromatic heterocycles. The van der Waals surface area contributed by atoms with Crippen LogP contribution < -0.4 is 15.8 Å². The van der Waals surface area contributed by atoms with Gasteiger partial charge in [-0.3, -0.25) is 4.98 Å². The molecule has 1 heterocycles. The zero-order valence-corrected chi connectivity index (χ0v) is 15.6. The van der Waals surface area contributed by atoms with Gasteiger partial charge in [0, 0.05) is 5.69 Å². The van der Waals surface area contributed by atoms with Crippen molar-refractivity contribution in [3.63, 3.8) is 0 Å². The Balaban J connectivity index is 2.17. The van der Waals surface area contributed by atoms with Gasteiger partial charge in [-0.25, -0.2) is 0 Å². The maximum Gasteiger partial charge on any atom is 0.125 e. The van der Waals surface area contributed by atoms with E-state index in [0.717, 1.165) is 23.6 Å². The number of hydrogen-bond acceptors (Lipinski definition) is 4. The molecule has 0 aliphatic carbocycles. The summed E-state index contributed by atoms with van der Waals surface area (Å²) in [5.74, 6) is 0.979. The lowest BCUT2D eigenvalue weighted by molar-refractivity contribution is 0.193. The molecule has 0 aliphatic heterocycles. The number of nitrogen functional groups attached to an aromatic ring is 1. The summed E-state index contributed by atoms with van der Waals surface area (Å²) in [5, 5.41) is 3.52. The van der Waals surface area contributed by atoms with Crippen molar-refractivity contribution < 1.29 is 4.74 Å². The van der Waals surface area contributed by atoms with Gasteiger partial charge in [0.25, 0.3) is 0 Å². The Morgan fingerprint density at radius 3 is 2.33 bits per heavy atom. The largest absolute Gasteiger partial charge is 0.488 e. The predicted molar refractivity (Wildman–Crippen MR) is 102 cm³/mol. The number of anilines is 2. The van der Waals surface area contributed by atoms with Gasteiger partial charge in [0.05, 0.1) is 23.6 Å². The number of pyridine rings is 1. The molecule has 0 amide bonds. The highest BCUT2D eigenvalue weighted by Gasteiger charge is 2.20. The second-order valence-electron chi connectivity index (χ2n) is 6.62. The third-order valence-corrected chi connectivity index (χ3v) is 4.33. The van der Waals surface area contributed by atoms with Crippen LogP contribution in [0.3, 0.4) is 0 Å². The fourth-order valence-corrected chi connectivity index (χ4v) is 3.07. The number of nitrogens with two attached hydrogens (primary N) is 1. The van der Waals surface area contributed by atoms with Crippen molar-refractivity contribution in [2.45, 2.75) is 60.1 Å². The molecule has 0 aliphatic rings. The van der Waals surface area contributed by atoms with Crippen molar-refractivity contribution in [1.29, 1.82) is 0 Å². The van der Waals surface area contributed by atoms with Crippen molar-refractivity contribution in [1.82, 2.24) is 4.98 Å². The van der Waals surface area contributed by atoms with Gasteiger partial charge >= 0.3 is 0 Å². The number of hydrogen-bond donors (Lipinski definition) is 2. The summed E-state index contributed by atoms with van der Waals surface area (Å²) in [7, 11) is 0. The molecule has 0 fully saturated rings. The second kappa shape index (κ2) is 7.56. The molecule has 2 aromatic rings. The number of nitrogens with one attached hydrogen (secondary N) is 1. The average Bonchev–Trinajstić information content (AvgIpc) is 2.51. The molecule has 130 valence electrons. The first-order valence-electron chi connectivity index (χ1n) is 8.55. The summed E-state index contributed by atoms with van der Waals surface area (Å²) < 4.78 is 6.31. The van der Waals surface area contributed by atoms with Gasteiger partial charge < -0.3 is 15.8 Å². The number of rotatable bonds is 6. The molecular formula is C20H29N3O. The third-order valence-electron chi connectivity index (χ3n) is 4.33. The lowest BCUT2D eigenvalue weighted by Gasteiger charge is -2.28. The zero-order valence-electron chi connectivity index (χ0n) is 15.6. The molecule has 4 heteroatoms. The standard InChI is InChI=1S/C20H29N3O/c1-7-18(23-19-10-15(5)22-11-17(19)21)16(6)24-20-13(3)8-12(2)9-14(20)4/h8-11,16,18H,7,21H2,1-6H3,(H,22,23). The van der Waals surface area contributed by atoms with Gasteiger partial charge in [-0.1, -0.05) is 24.6 Å². The molecule has 2 unspecified atom stereocenters. The van der Waals surface area contributed by atoms with Crippen LogP contribution in [0.25, 0.3) is 0 Å². The van der Waals surface area contributed by atoms with Crippen molar-refractivity contribution >= 4 is 11.4 Å². The fourth-order valence-electron chi connectivity index (χ4n) is 3.07. The van der Waals surface area contributed by atoms with E-state index in [1.54, 1.807) is 6.20 Å². The zero-order chi connectivity index (χ0) is 17.9. The Morgan fingerprint density at radius 1 is 1.12 bits per heavy atom. The number of aryl methyl sites for hydroxylation is 4. The van der Waals surface area contributed by atoms with E-state index in [-0.39, 0.29) is 12.1 Å². The van der Waals surface area contributed by atoms with Gasteiger partial charge in [0.2, 0.25) is 0 Å².